The van der Waals surface area contributed by atoms with E-state index in [4.69, 9.17) is 9.47 Å². The summed E-state index contributed by atoms with van der Waals surface area (Å²) in [7, 11) is 3.24. The molecule has 1 heterocycles. The number of allylic oxidation sites excluding steroid dienone is 1. The summed E-state index contributed by atoms with van der Waals surface area (Å²) < 4.78 is 10.8. The van der Waals surface area contributed by atoms with E-state index in [1.807, 2.05) is 0 Å². The van der Waals surface area contributed by atoms with Gasteiger partial charge in [0.05, 0.1) is 26.0 Å². The lowest BCUT2D eigenvalue weighted by atomic mass is 9.87. The van der Waals surface area contributed by atoms with Gasteiger partial charge in [-0.05, 0) is 63.1 Å². The van der Waals surface area contributed by atoms with Gasteiger partial charge in [-0.1, -0.05) is 13.0 Å². The summed E-state index contributed by atoms with van der Waals surface area (Å²) >= 11 is 0. The number of rotatable bonds is 7. The van der Waals surface area contributed by atoms with Crippen LogP contribution in [0.25, 0.3) is 5.57 Å². The minimum absolute atomic E-state index is 0.0694. The molecule has 164 valence electrons. The molecule has 31 heavy (non-hydrogen) atoms. The van der Waals surface area contributed by atoms with Gasteiger partial charge in [-0.3, -0.25) is 4.79 Å². The maximum Gasteiger partial charge on any atom is 0.271 e. The smallest absolute Gasteiger partial charge is 0.271 e. The molecule has 1 aliphatic heterocycles. The minimum atomic E-state index is -0.289. The highest BCUT2D eigenvalue weighted by Gasteiger charge is 2.31. The molecule has 1 aliphatic rings. The number of nitrogens with one attached hydrogen (secondary N) is 1. The van der Waals surface area contributed by atoms with Crippen molar-refractivity contribution in [2.75, 3.05) is 25.7 Å². The van der Waals surface area contributed by atoms with Crippen molar-refractivity contribution in [3.8, 4) is 11.5 Å². The molecule has 0 radical (unpaired) electrons. The molecule has 0 aliphatic carbocycles. The topological polar surface area (TPSA) is 63.2 Å². The number of hydrazone groups is 1. The van der Waals surface area contributed by atoms with Crippen molar-refractivity contribution in [2.24, 2.45) is 5.10 Å². The third-order valence-corrected chi connectivity index (χ3v) is 5.50. The van der Waals surface area contributed by atoms with E-state index in [0.717, 1.165) is 29.8 Å². The van der Waals surface area contributed by atoms with Gasteiger partial charge in [-0.2, -0.15) is 5.10 Å². The monoisotopic (exact) mass is 421 g/mol. The Kier molecular flexibility index (Phi) is 6.68. The number of nitrogens with zero attached hydrogens (tertiary/aromatic N) is 2. The normalized spacial score (nSPS) is 14.8. The molecule has 2 aromatic carbocycles. The van der Waals surface area contributed by atoms with E-state index < -0.39 is 0 Å². The lowest BCUT2D eigenvalue weighted by molar-refractivity contribution is 0.0955. The van der Waals surface area contributed by atoms with E-state index >= 15 is 0 Å². The summed E-state index contributed by atoms with van der Waals surface area (Å²) in [4.78, 5) is 14.8. The number of carbonyl (C=O) groups is 1. The third kappa shape index (κ3) is 4.74. The first-order chi connectivity index (χ1) is 14.8. The number of amides is 1. The van der Waals surface area contributed by atoms with Gasteiger partial charge >= 0.3 is 0 Å². The van der Waals surface area contributed by atoms with Crippen molar-refractivity contribution < 1.29 is 14.3 Å². The molecule has 1 amide bonds. The van der Waals surface area contributed by atoms with Crippen molar-refractivity contribution >= 4 is 23.4 Å². The lowest BCUT2D eigenvalue weighted by Gasteiger charge is -2.43. The molecule has 0 saturated heterocycles. The van der Waals surface area contributed by atoms with Crippen LogP contribution in [-0.4, -0.2) is 38.4 Å². The van der Waals surface area contributed by atoms with Crippen LogP contribution in [-0.2, 0) is 0 Å². The SMILES string of the molecule is CCCN1c2cc(OC)c(/C=N\NC(=O)c3ccc(OC)cc3)cc2C(C)=CC1(C)C. The number of ether oxygens (including phenoxy) is 2. The predicted octanol–water partition coefficient (Wildman–Crippen LogP) is 4.88. The first-order valence-electron chi connectivity index (χ1n) is 10.5. The maximum atomic E-state index is 12.3. The molecule has 1 N–H and O–H groups in total. The molecule has 3 rings (SSSR count). The summed E-state index contributed by atoms with van der Waals surface area (Å²) in [6, 6.07) is 11.0. The minimum Gasteiger partial charge on any atom is -0.497 e. The number of anilines is 1. The highest BCUT2D eigenvalue weighted by atomic mass is 16.5. The van der Waals surface area contributed by atoms with Gasteiger partial charge in [-0.25, -0.2) is 5.43 Å². The van der Waals surface area contributed by atoms with Crippen molar-refractivity contribution in [3.05, 3.63) is 59.2 Å². The molecule has 6 nitrogen and oxygen atoms in total. The first kappa shape index (κ1) is 22.4. The highest BCUT2D eigenvalue weighted by molar-refractivity contribution is 5.96. The Morgan fingerprint density at radius 2 is 1.87 bits per heavy atom. The van der Waals surface area contributed by atoms with Crippen molar-refractivity contribution in [2.45, 2.75) is 39.7 Å². The molecule has 6 heteroatoms. The van der Waals surface area contributed by atoms with Gasteiger partial charge in [-0.15, -0.1) is 0 Å². The van der Waals surface area contributed by atoms with E-state index in [1.54, 1.807) is 44.7 Å². The maximum absolute atomic E-state index is 12.3. The van der Waals surface area contributed by atoms with E-state index in [-0.39, 0.29) is 11.4 Å². The summed E-state index contributed by atoms with van der Waals surface area (Å²) in [5.74, 6) is 1.12. The fraction of sp³-hybridized carbons (Fsp3) is 0.360. The molecular weight excluding hydrogens is 390 g/mol. The van der Waals surface area contributed by atoms with E-state index in [2.05, 4.69) is 61.3 Å². The van der Waals surface area contributed by atoms with Gasteiger partial charge in [0.25, 0.3) is 5.91 Å². The molecule has 2 aromatic rings. The number of methoxy groups -OCH3 is 2. The van der Waals surface area contributed by atoms with Crippen LogP contribution in [0.5, 0.6) is 11.5 Å². The van der Waals surface area contributed by atoms with Crippen molar-refractivity contribution in [3.63, 3.8) is 0 Å². The third-order valence-electron chi connectivity index (χ3n) is 5.50. The van der Waals surface area contributed by atoms with Crippen molar-refractivity contribution in [1.29, 1.82) is 0 Å². The zero-order chi connectivity index (χ0) is 22.6. The Balaban J connectivity index is 1.86. The zero-order valence-corrected chi connectivity index (χ0v) is 19.2. The number of fused-ring (bicyclic) bond motifs is 1. The van der Waals surface area contributed by atoms with Crippen LogP contribution in [0.1, 0.15) is 55.6 Å². The number of hydrogen-bond donors (Lipinski definition) is 1. The first-order valence-corrected chi connectivity index (χ1v) is 10.5. The number of benzene rings is 2. The second kappa shape index (κ2) is 9.25. The Morgan fingerprint density at radius 1 is 1.16 bits per heavy atom. The average molecular weight is 422 g/mol. The second-order valence-corrected chi connectivity index (χ2v) is 8.17. The largest absolute Gasteiger partial charge is 0.497 e. The molecule has 0 spiro atoms. The predicted molar refractivity (Wildman–Crippen MR) is 126 cm³/mol. The molecular formula is C25H31N3O3. The van der Waals surface area contributed by atoms with Gasteiger partial charge in [0.1, 0.15) is 11.5 Å². The van der Waals surface area contributed by atoms with Crippen molar-refractivity contribution in [1.82, 2.24) is 5.43 Å². The van der Waals surface area contributed by atoms with Crippen LogP contribution in [0, 0.1) is 0 Å². The van der Waals surface area contributed by atoms with Crippen LogP contribution in [0.3, 0.4) is 0 Å². The number of hydrogen-bond acceptors (Lipinski definition) is 5. The highest BCUT2D eigenvalue weighted by Crippen LogP contribution is 2.41. The van der Waals surface area contributed by atoms with E-state index in [9.17, 15) is 4.79 Å². The number of carbonyl (C=O) groups excluding carboxylic acids is 1. The molecule has 0 aromatic heterocycles. The fourth-order valence-electron chi connectivity index (χ4n) is 4.00. The van der Waals surface area contributed by atoms with Gasteiger partial charge < -0.3 is 14.4 Å². The molecule has 0 fully saturated rings. The summed E-state index contributed by atoms with van der Waals surface area (Å²) in [6.07, 6.45) is 4.97. The van der Waals surface area contributed by atoms with Crippen LogP contribution < -0.4 is 19.8 Å². The molecule has 0 unspecified atom stereocenters. The van der Waals surface area contributed by atoms with E-state index in [1.165, 1.54) is 5.57 Å². The average Bonchev–Trinajstić information content (AvgIpc) is 2.76. The summed E-state index contributed by atoms with van der Waals surface area (Å²) in [5.41, 5.74) is 7.34. The quantitative estimate of drug-likeness (QED) is 0.511. The van der Waals surface area contributed by atoms with Crippen LogP contribution in [0.2, 0.25) is 0 Å². The van der Waals surface area contributed by atoms with Gasteiger partial charge in [0.2, 0.25) is 0 Å². The van der Waals surface area contributed by atoms with Crippen LogP contribution in [0.4, 0.5) is 5.69 Å². The van der Waals surface area contributed by atoms with Crippen LogP contribution >= 0.6 is 0 Å². The lowest BCUT2D eigenvalue weighted by Crippen LogP contribution is -2.45. The Bertz CT molecular complexity index is 1010. The van der Waals surface area contributed by atoms with Gasteiger partial charge in [0, 0.05) is 35.0 Å². The van der Waals surface area contributed by atoms with E-state index in [0.29, 0.717) is 17.1 Å². The fourth-order valence-corrected chi connectivity index (χ4v) is 4.00. The Morgan fingerprint density at radius 3 is 2.48 bits per heavy atom. The standard InChI is InChI=1S/C25H31N3O3/c1-7-12-28-22-14-23(31-6)19(13-21(22)17(2)15-25(28,3)4)16-26-27-24(29)18-8-10-20(30-5)11-9-18/h8-11,13-16H,7,12H2,1-6H3,(H,27,29)/b26-16-. The molecule has 0 saturated carbocycles. The van der Waals surface area contributed by atoms with Gasteiger partial charge in [0.15, 0.2) is 0 Å². The molecule has 0 atom stereocenters. The van der Waals surface area contributed by atoms with Crippen LogP contribution in [0.15, 0.2) is 47.6 Å². The second-order valence-electron chi connectivity index (χ2n) is 8.17. The zero-order valence-electron chi connectivity index (χ0n) is 19.2. The summed E-state index contributed by atoms with van der Waals surface area (Å²) in [6.45, 7) is 9.73. The Labute approximate surface area is 184 Å². The summed E-state index contributed by atoms with van der Waals surface area (Å²) in [5, 5.41) is 4.16. The molecule has 0 bridgehead atoms. The Hall–Kier alpha value is -3.28.